The van der Waals surface area contributed by atoms with Gasteiger partial charge in [-0.05, 0) is 42.9 Å². The van der Waals surface area contributed by atoms with Gasteiger partial charge in [0.15, 0.2) is 0 Å². The molecular formula is C23H26N2O. The molecule has 2 fully saturated rings. The van der Waals surface area contributed by atoms with Crippen LogP contribution in [0, 0.1) is 0 Å². The highest BCUT2D eigenvalue weighted by atomic mass is 16.2. The van der Waals surface area contributed by atoms with E-state index in [1.54, 1.807) is 0 Å². The quantitative estimate of drug-likeness (QED) is 0.823. The summed E-state index contributed by atoms with van der Waals surface area (Å²) in [6.45, 7) is 0. The van der Waals surface area contributed by atoms with Crippen molar-refractivity contribution >= 4 is 12.0 Å². The van der Waals surface area contributed by atoms with E-state index in [2.05, 4.69) is 41.4 Å². The number of hydrogen-bond acceptors (Lipinski definition) is 2. The number of benzene rings is 2. The lowest BCUT2D eigenvalue weighted by molar-refractivity contribution is -0.130. The molecule has 0 bridgehead atoms. The van der Waals surface area contributed by atoms with Crippen LogP contribution in [-0.4, -0.2) is 34.5 Å². The van der Waals surface area contributed by atoms with Crippen LogP contribution < -0.4 is 0 Å². The molecule has 0 radical (unpaired) electrons. The Labute approximate surface area is 155 Å². The lowest BCUT2D eigenvalue weighted by Crippen LogP contribution is -2.49. The minimum atomic E-state index is -0.151. The number of hydrogen-bond donors (Lipinski definition) is 0. The van der Waals surface area contributed by atoms with Crippen molar-refractivity contribution in [2.24, 2.45) is 0 Å². The van der Waals surface area contributed by atoms with Gasteiger partial charge in [0.25, 0.3) is 0 Å². The van der Waals surface area contributed by atoms with Crippen molar-refractivity contribution in [1.82, 2.24) is 9.80 Å². The minimum Gasteiger partial charge on any atom is -0.342 e. The summed E-state index contributed by atoms with van der Waals surface area (Å²) in [7, 11) is 1.99. The van der Waals surface area contributed by atoms with Gasteiger partial charge in [0.1, 0.15) is 11.7 Å². The number of nitrogens with zero attached hydrogens (tertiary/aromatic N) is 2. The van der Waals surface area contributed by atoms with Gasteiger partial charge in [-0.3, -0.25) is 4.79 Å². The van der Waals surface area contributed by atoms with Gasteiger partial charge in [0.05, 0.1) is 0 Å². The predicted molar refractivity (Wildman–Crippen MR) is 105 cm³/mol. The van der Waals surface area contributed by atoms with Gasteiger partial charge in [-0.2, -0.15) is 0 Å². The molecule has 1 atom stereocenters. The molecule has 0 unspecified atom stereocenters. The molecule has 26 heavy (non-hydrogen) atoms. The Bertz CT molecular complexity index is 778. The van der Waals surface area contributed by atoms with Crippen molar-refractivity contribution < 1.29 is 4.79 Å². The molecule has 4 rings (SSSR count). The molecule has 1 saturated heterocycles. The fourth-order valence-electron chi connectivity index (χ4n) is 4.54. The maximum atomic E-state index is 13.1. The maximum absolute atomic E-state index is 13.1. The zero-order valence-corrected chi connectivity index (χ0v) is 15.3. The van der Waals surface area contributed by atoms with Crippen LogP contribution in [0.25, 0.3) is 6.08 Å². The average molecular weight is 346 g/mol. The molecule has 3 nitrogen and oxygen atoms in total. The molecule has 2 aromatic rings. The second-order valence-electron chi connectivity index (χ2n) is 7.43. The molecular weight excluding hydrogens is 320 g/mol. The fourth-order valence-corrected chi connectivity index (χ4v) is 4.54. The summed E-state index contributed by atoms with van der Waals surface area (Å²) in [4.78, 5) is 17.5. The monoisotopic (exact) mass is 346 g/mol. The number of rotatable bonds is 4. The van der Waals surface area contributed by atoms with Crippen LogP contribution in [0.2, 0.25) is 0 Å². The molecule has 2 aliphatic rings. The summed E-state index contributed by atoms with van der Waals surface area (Å²) in [5, 5.41) is 0. The van der Waals surface area contributed by atoms with Crippen molar-refractivity contribution in [3.63, 3.8) is 0 Å². The van der Waals surface area contributed by atoms with E-state index in [9.17, 15) is 4.79 Å². The van der Waals surface area contributed by atoms with Crippen LogP contribution in [0.3, 0.4) is 0 Å². The van der Waals surface area contributed by atoms with Crippen molar-refractivity contribution in [3.05, 3.63) is 78.0 Å². The van der Waals surface area contributed by atoms with E-state index in [0.29, 0.717) is 0 Å². The molecule has 0 N–H and O–H groups in total. The van der Waals surface area contributed by atoms with Crippen LogP contribution in [0.15, 0.2) is 66.9 Å². The second-order valence-corrected chi connectivity index (χ2v) is 7.43. The summed E-state index contributed by atoms with van der Waals surface area (Å²) in [6.07, 6.45) is 9.54. The summed E-state index contributed by atoms with van der Waals surface area (Å²) >= 11 is 0. The van der Waals surface area contributed by atoms with E-state index in [4.69, 9.17) is 0 Å². The molecule has 2 aromatic carbocycles. The highest BCUT2D eigenvalue weighted by molar-refractivity contribution is 5.85. The Balaban J connectivity index is 1.68. The molecule has 134 valence electrons. The van der Waals surface area contributed by atoms with Gasteiger partial charge in [-0.15, -0.1) is 0 Å². The molecule has 1 aliphatic carbocycles. The number of likely N-dealkylation sites (N-methyl/N-ethyl adjacent to an activating group) is 1. The Morgan fingerprint density at radius 3 is 2.27 bits per heavy atom. The Kier molecular flexibility index (Phi) is 4.54. The lowest BCUT2D eigenvalue weighted by atomic mass is 10.0. The topological polar surface area (TPSA) is 23.6 Å². The maximum Gasteiger partial charge on any atom is 0.247 e. The zero-order chi connectivity index (χ0) is 18.0. The van der Waals surface area contributed by atoms with Crippen molar-refractivity contribution in [2.75, 3.05) is 7.05 Å². The average Bonchev–Trinajstić information content (AvgIpc) is 3.24. The standard InChI is InChI=1S/C23H26N2O/c1-24-22(26)21(18-20-12-6-3-7-13-20)25(23(24)15-8-9-16-23)17-14-19-10-4-2-5-11-19/h2-7,10-14,17,21H,8-9,15-16,18H2,1H3/b17-14+/t21-/m0/s1. The first kappa shape index (κ1) is 16.9. The predicted octanol–water partition coefficient (Wildman–Crippen LogP) is 4.31. The fraction of sp³-hybridized carbons (Fsp3) is 0.348. The third-order valence-electron chi connectivity index (χ3n) is 5.96. The lowest BCUT2D eigenvalue weighted by Gasteiger charge is -2.39. The Morgan fingerprint density at radius 1 is 1.00 bits per heavy atom. The van der Waals surface area contributed by atoms with E-state index in [-0.39, 0.29) is 17.6 Å². The number of amides is 1. The molecule has 1 amide bonds. The van der Waals surface area contributed by atoms with E-state index in [1.807, 2.05) is 48.3 Å². The van der Waals surface area contributed by atoms with Gasteiger partial charge in [-0.1, -0.05) is 60.7 Å². The van der Waals surface area contributed by atoms with E-state index >= 15 is 0 Å². The minimum absolute atomic E-state index is 0.125. The van der Waals surface area contributed by atoms with E-state index < -0.39 is 0 Å². The summed E-state index contributed by atoms with van der Waals surface area (Å²) in [6, 6.07) is 20.6. The van der Waals surface area contributed by atoms with Crippen LogP contribution in [0.5, 0.6) is 0 Å². The summed E-state index contributed by atoms with van der Waals surface area (Å²) in [5.74, 6) is 0.244. The highest BCUT2D eigenvalue weighted by Crippen LogP contribution is 2.44. The third kappa shape index (κ3) is 2.92. The molecule has 3 heteroatoms. The zero-order valence-electron chi connectivity index (χ0n) is 15.3. The van der Waals surface area contributed by atoms with Crippen molar-refractivity contribution in [2.45, 2.75) is 43.8 Å². The highest BCUT2D eigenvalue weighted by Gasteiger charge is 2.54. The van der Waals surface area contributed by atoms with E-state index in [1.165, 1.54) is 24.0 Å². The SMILES string of the molecule is CN1C(=O)[C@H](Cc2ccccc2)N(/C=C/c2ccccc2)C12CCCC2. The number of carbonyl (C=O) groups is 1. The molecule has 0 aromatic heterocycles. The smallest absolute Gasteiger partial charge is 0.247 e. The molecule has 1 saturated carbocycles. The van der Waals surface area contributed by atoms with Gasteiger partial charge < -0.3 is 9.80 Å². The van der Waals surface area contributed by atoms with Crippen LogP contribution in [0.1, 0.15) is 36.8 Å². The number of carbonyl (C=O) groups excluding carboxylic acids is 1. The van der Waals surface area contributed by atoms with Gasteiger partial charge in [-0.25, -0.2) is 0 Å². The van der Waals surface area contributed by atoms with Gasteiger partial charge >= 0.3 is 0 Å². The van der Waals surface area contributed by atoms with Gasteiger partial charge in [0.2, 0.25) is 5.91 Å². The van der Waals surface area contributed by atoms with Crippen molar-refractivity contribution in [3.8, 4) is 0 Å². The largest absolute Gasteiger partial charge is 0.342 e. The van der Waals surface area contributed by atoms with E-state index in [0.717, 1.165) is 19.3 Å². The Morgan fingerprint density at radius 2 is 1.62 bits per heavy atom. The summed E-state index contributed by atoms with van der Waals surface area (Å²) in [5.41, 5.74) is 2.23. The van der Waals surface area contributed by atoms with Crippen LogP contribution >= 0.6 is 0 Å². The second kappa shape index (κ2) is 6.99. The first-order valence-electron chi connectivity index (χ1n) is 9.54. The summed E-state index contributed by atoms with van der Waals surface area (Å²) < 4.78 is 0. The first-order valence-corrected chi connectivity index (χ1v) is 9.54. The molecule has 1 spiro atoms. The Hall–Kier alpha value is -2.55. The normalized spacial score (nSPS) is 22.0. The van der Waals surface area contributed by atoms with Crippen molar-refractivity contribution in [1.29, 1.82) is 0 Å². The van der Waals surface area contributed by atoms with Crippen LogP contribution in [0.4, 0.5) is 0 Å². The first-order chi connectivity index (χ1) is 12.7. The molecule has 1 heterocycles. The molecule has 1 aliphatic heterocycles. The van der Waals surface area contributed by atoms with Gasteiger partial charge in [0, 0.05) is 19.7 Å². The van der Waals surface area contributed by atoms with Crippen LogP contribution in [-0.2, 0) is 11.2 Å². The third-order valence-corrected chi connectivity index (χ3v) is 5.96.